The minimum absolute atomic E-state index is 0.117. The van der Waals surface area contributed by atoms with Gasteiger partial charge in [-0.1, -0.05) is 35.5 Å². The van der Waals surface area contributed by atoms with Crippen LogP contribution < -0.4 is 5.32 Å². The maximum Gasteiger partial charge on any atom is 0.230 e. The first-order chi connectivity index (χ1) is 15.6. The lowest BCUT2D eigenvalue weighted by atomic mass is 10.1. The molecule has 4 aromatic rings. The van der Waals surface area contributed by atoms with Crippen molar-refractivity contribution in [1.82, 2.24) is 25.1 Å². The largest absolute Gasteiger partial charge is 0.355 e. The number of benzene rings is 2. The number of rotatable bonds is 8. The van der Waals surface area contributed by atoms with Crippen molar-refractivity contribution in [3.8, 4) is 17.1 Å². The van der Waals surface area contributed by atoms with Gasteiger partial charge in [0.05, 0.1) is 5.75 Å². The summed E-state index contributed by atoms with van der Waals surface area (Å²) in [6.07, 6.45) is 4.01. The van der Waals surface area contributed by atoms with Gasteiger partial charge in [-0.05, 0) is 60.5 Å². The molecule has 0 aliphatic carbocycles. The molecule has 0 atom stereocenters. The molecule has 2 heterocycles. The van der Waals surface area contributed by atoms with E-state index in [9.17, 15) is 9.18 Å². The second kappa shape index (κ2) is 10.4. The van der Waals surface area contributed by atoms with Crippen molar-refractivity contribution in [2.75, 3.05) is 12.3 Å². The molecule has 32 heavy (non-hydrogen) atoms. The Labute approximate surface area is 193 Å². The molecule has 4 rings (SSSR count). The zero-order valence-electron chi connectivity index (χ0n) is 16.9. The quantitative estimate of drug-likeness (QED) is 0.384. The Morgan fingerprint density at radius 3 is 2.44 bits per heavy atom. The van der Waals surface area contributed by atoms with Crippen LogP contribution in [0, 0.1) is 5.82 Å². The number of hydrogen-bond donors (Lipinski definition) is 1. The summed E-state index contributed by atoms with van der Waals surface area (Å²) >= 11 is 7.34. The van der Waals surface area contributed by atoms with Gasteiger partial charge < -0.3 is 5.32 Å². The molecule has 0 radical (unpaired) electrons. The number of aromatic nitrogens is 4. The monoisotopic (exact) mass is 467 g/mol. The van der Waals surface area contributed by atoms with Crippen molar-refractivity contribution < 1.29 is 9.18 Å². The van der Waals surface area contributed by atoms with Gasteiger partial charge in [0.25, 0.3) is 0 Å². The van der Waals surface area contributed by atoms with Gasteiger partial charge in [0.1, 0.15) is 5.82 Å². The molecule has 0 saturated carbocycles. The standard InChI is InChI=1S/C23H19ClFN5OS/c24-18-3-7-20(8-4-18)30-22(17-10-12-26-13-11-17)28-29-23(30)32-15-21(31)27-14-9-16-1-5-19(25)6-2-16/h1-8,10-13H,9,14-15H2,(H,27,31). The predicted octanol–water partition coefficient (Wildman–Crippen LogP) is 4.57. The fraction of sp³-hybridized carbons (Fsp3) is 0.130. The summed E-state index contributed by atoms with van der Waals surface area (Å²) in [6.45, 7) is 0.469. The minimum atomic E-state index is -0.273. The molecule has 0 bridgehead atoms. The van der Waals surface area contributed by atoms with Crippen LogP contribution in [0.4, 0.5) is 4.39 Å². The number of thioether (sulfide) groups is 1. The Morgan fingerprint density at radius 1 is 1.00 bits per heavy atom. The number of halogens is 2. The highest BCUT2D eigenvalue weighted by Crippen LogP contribution is 2.28. The van der Waals surface area contributed by atoms with Crippen molar-refractivity contribution in [3.63, 3.8) is 0 Å². The zero-order valence-corrected chi connectivity index (χ0v) is 18.5. The number of carbonyl (C=O) groups is 1. The Balaban J connectivity index is 1.45. The van der Waals surface area contributed by atoms with Crippen molar-refractivity contribution in [2.45, 2.75) is 11.6 Å². The topological polar surface area (TPSA) is 72.7 Å². The third-order valence-electron chi connectivity index (χ3n) is 4.64. The molecule has 0 aliphatic rings. The zero-order chi connectivity index (χ0) is 22.3. The van der Waals surface area contributed by atoms with Gasteiger partial charge in [0, 0.05) is 35.2 Å². The van der Waals surface area contributed by atoms with E-state index in [1.807, 2.05) is 28.8 Å². The maximum atomic E-state index is 13.0. The normalized spacial score (nSPS) is 10.8. The van der Waals surface area contributed by atoms with Crippen LogP contribution in [0.1, 0.15) is 5.56 Å². The smallest absolute Gasteiger partial charge is 0.230 e. The van der Waals surface area contributed by atoms with Crippen LogP contribution in [0.25, 0.3) is 17.1 Å². The van der Waals surface area contributed by atoms with Gasteiger partial charge in [0.2, 0.25) is 5.91 Å². The SMILES string of the molecule is O=C(CSc1nnc(-c2ccncc2)n1-c1ccc(Cl)cc1)NCCc1ccc(F)cc1. The van der Waals surface area contributed by atoms with Gasteiger partial charge in [-0.2, -0.15) is 0 Å². The highest BCUT2D eigenvalue weighted by atomic mass is 35.5. The predicted molar refractivity (Wildman–Crippen MR) is 123 cm³/mol. The second-order valence-corrected chi connectivity index (χ2v) is 8.25. The number of nitrogens with zero attached hydrogens (tertiary/aromatic N) is 4. The molecule has 0 spiro atoms. The van der Waals surface area contributed by atoms with E-state index < -0.39 is 0 Å². The fourth-order valence-electron chi connectivity index (χ4n) is 3.05. The van der Waals surface area contributed by atoms with Crippen LogP contribution in [-0.4, -0.2) is 38.0 Å². The molecule has 1 N–H and O–H groups in total. The number of hydrogen-bond acceptors (Lipinski definition) is 5. The lowest BCUT2D eigenvalue weighted by Crippen LogP contribution is -2.27. The maximum absolute atomic E-state index is 13.0. The van der Waals surface area contributed by atoms with Crippen molar-refractivity contribution in [3.05, 3.63) is 89.5 Å². The Kier molecular flexibility index (Phi) is 7.14. The summed E-state index contributed by atoms with van der Waals surface area (Å²) in [4.78, 5) is 16.4. The Hall–Kier alpha value is -3.23. The molecule has 0 saturated heterocycles. The summed E-state index contributed by atoms with van der Waals surface area (Å²) in [5.41, 5.74) is 2.66. The van der Waals surface area contributed by atoms with E-state index in [0.29, 0.717) is 29.0 Å². The average Bonchev–Trinajstić information content (AvgIpc) is 3.24. The minimum Gasteiger partial charge on any atom is -0.355 e. The van der Waals surface area contributed by atoms with Crippen LogP contribution in [0.2, 0.25) is 5.02 Å². The van der Waals surface area contributed by atoms with Crippen molar-refractivity contribution in [1.29, 1.82) is 0 Å². The summed E-state index contributed by atoms with van der Waals surface area (Å²) in [7, 11) is 0. The molecule has 2 aromatic carbocycles. The lowest BCUT2D eigenvalue weighted by Gasteiger charge is -2.10. The fourth-order valence-corrected chi connectivity index (χ4v) is 3.96. The van der Waals surface area contributed by atoms with Crippen LogP contribution in [0.5, 0.6) is 0 Å². The number of amides is 1. The molecule has 0 aliphatic heterocycles. The average molecular weight is 468 g/mol. The van der Waals surface area contributed by atoms with E-state index in [4.69, 9.17) is 11.6 Å². The third kappa shape index (κ3) is 5.52. The molecular formula is C23H19ClFN5OS. The van der Waals surface area contributed by atoms with Crippen LogP contribution in [-0.2, 0) is 11.2 Å². The van der Waals surface area contributed by atoms with Crippen LogP contribution in [0.3, 0.4) is 0 Å². The molecule has 0 fully saturated rings. The number of pyridine rings is 1. The highest BCUT2D eigenvalue weighted by Gasteiger charge is 2.17. The number of nitrogens with one attached hydrogen (secondary N) is 1. The van der Waals surface area contributed by atoms with E-state index in [0.717, 1.165) is 16.8 Å². The molecular weight excluding hydrogens is 449 g/mol. The first-order valence-electron chi connectivity index (χ1n) is 9.86. The Bertz CT molecular complexity index is 1180. The van der Waals surface area contributed by atoms with Gasteiger partial charge >= 0.3 is 0 Å². The highest BCUT2D eigenvalue weighted by molar-refractivity contribution is 7.99. The van der Waals surface area contributed by atoms with Gasteiger partial charge in [0.15, 0.2) is 11.0 Å². The van der Waals surface area contributed by atoms with Gasteiger partial charge in [-0.3, -0.25) is 14.3 Å². The van der Waals surface area contributed by atoms with Crippen molar-refractivity contribution >= 4 is 29.3 Å². The Morgan fingerprint density at radius 2 is 1.72 bits per heavy atom. The molecule has 9 heteroatoms. The first kappa shape index (κ1) is 22.0. The van der Waals surface area contributed by atoms with Crippen LogP contribution in [0.15, 0.2) is 78.2 Å². The second-order valence-electron chi connectivity index (χ2n) is 6.87. The summed E-state index contributed by atoms with van der Waals surface area (Å²) in [5.74, 6) is 0.443. The number of carbonyl (C=O) groups excluding carboxylic acids is 1. The van der Waals surface area contributed by atoms with E-state index in [1.165, 1.54) is 23.9 Å². The van der Waals surface area contributed by atoms with E-state index >= 15 is 0 Å². The molecule has 6 nitrogen and oxygen atoms in total. The first-order valence-corrected chi connectivity index (χ1v) is 11.2. The lowest BCUT2D eigenvalue weighted by molar-refractivity contribution is -0.118. The molecule has 0 unspecified atom stereocenters. The van der Waals surface area contributed by atoms with Gasteiger partial charge in [-0.15, -0.1) is 10.2 Å². The summed E-state index contributed by atoms with van der Waals surface area (Å²) in [5, 5.41) is 12.7. The van der Waals surface area contributed by atoms with Crippen LogP contribution >= 0.6 is 23.4 Å². The molecule has 1 amide bonds. The van der Waals surface area contributed by atoms with Gasteiger partial charge in [-0.25, -0.2) is 4.39 Å². The molecule has 2 aromatic heterocycles. The third-order valence-corrected chi connectivity index (χ3v) is 5.82. The summed E-state index contributed by atoms with van der Waals surface area (Å²) in [6, 6.07) is 17.3. The van der Waals surface area contributed by atoms with E-state index in [-0.39, 0.29) is 17.5 Å². The van der Waals surface area contributed by atoms with E-state index in [2.05, 4.69) is 20.5 Å². The van der Waals surface area contributed by atoms with Crippen molar-refractivity contribution in [2.24, 2.45) is 0 Å². The van der Waals surface area contributed by atoms with E-state index in [1.54, 1.807) is 36.7 Å². The summed E-state index contributed by atoms with van der Waals surface area (Å²) < 4.78 is 14.9. The molecule has 162 valence electrons.